The van der Waals surface area contributed by atoms with Gasteiger partial charge in [0, 0.05) is 18.8 Å². The normalized spacial score (nSPS) is 22.4. The number of aryl methyl sites for hydroxylation is 3. The second-order valence-electron chi connectivity index (χ2n) is 5.49. The van der Waals surface area contributed by atoms with E-state index in [0.29, 0.717) is 6.04 Å². The molecule has 1 aliphatic rings. The first-order chi connectivity index (χ1) is 8.40. The van der Waals surface area contributed by atoms with Crippen LogP contribution in [0.2, 0.25) is 0 Å². The van der Waals surface area contributed by atoms with Gasteiger partial charge in [0.25, 0.3) is 0 Å². The van der Waals surface area contributed by atoms with E-state index in [-0.39, 0.29) is 5.92 Å². The molecule has 3 nitrogen and oxygen atoms in total. The minimum absolute atomic E-state index is 0.149. The number of nitrogens with zero attached hydrogens (tertiary/aromatic N) is 1. The zero-order valence-corrected chi connectivity index (χ0v) is 11.5. The number of carboxylic acids is 1. The largest absolute Gasteiger partial charge is 0.481 e. The number of rotatable bonds is 3. The lowest BCUT2D eigenvalue weighted by Crippen LogP contribution is -2.45. The topological polar surface area (TPSA) is 40.5 Å². The summed E-state index contributed by atoms with van der Waals surface area (Å²) in [6, 6.07) is 4.78. The molecular formula is C15H21NO2. The van der Waals surface area contributed by atoms with E-state index in [1.165, 1.54) is 22.4 Å². The molecule has 0 unspecified atom stereocenters. The summed E-state index contributed by atoms with van der Waals surface area (Å²) in [4.78, 5) is 13.1. The zero-order valence-electron chi connectivity index (χ0n) is 11.5. The number of hydrogen-bond donors (Lipinski definition) is 1. The van der Waals surface area contributed by atoms with Crippen LogP contribution in [0.15, 0.2) is 12.1 Å². The lowest BCUT2D eigenvalue weighted by atomic mass is 9.79. The van der Waals surface area contributed by atoms with E-state index < -0.39 is 5.97 Å². The molecule has 0 aliphatic heterocycles. The lowest BCUT2D eigenvalue weighted by molar-refractivity contribution is -0.145. The quantitative estimate of drug-likeness (QED) is 0.892. The predicted molar refractivity (Wildman–Crippen MR) is 73.2 cm³/mol. The molecule has 1 saturated carbocycles. The SMILES string of the molecule is Cc1cc(C)c(N(C)C2CC(C(=O)O)C2)cc1C. The Labute approximate surface area is 108 Å². The van der Waals surface area contributed by atoms with Crippen molar-refractivity contribution in [1.82, 2.24) is 0 Å². The highest BCUT2D eigenvalue weighted by atomic mass is 16.4. The van der Waals surface area contributed by atoms with Crippen molar-refractivity contribution < 1.29 is 9.90 Å². The standard InChI is InChI=1S/C15H21NO2/c1-9-5-11(3)14(6-10(9)2)16(4)13-7-12(8-13)15(17)18/h5-6,12-13H,7-8H2,1-4H3,(H,17,18). The van der Waals surface area contributed by atoms with E-state index >= 15 is 0 Å². The summed E-state index contributed by atoms with van der Waals surface area (Å²) >= 11 is 0. The molecule has 0 aromatic heterocycles. The molecular weight excluding hydrogens is 226 g/mol. The Morgan fingerprint density at radius 3 is 2.28 bits per heavy atom. The predicted octanol–water partition coefficient (Wildman–Crippen LogP) is 2.91. The first-order valence-corrected chi connectivity index (χ1v) is 6.43. The van der Waals surface area contributed by atoms with Gasteiger partial charge in [0.1, 0.15) is 0 Å². The van der Waals surface area contributed by atoms with E-state index in [2.05, 4.69) is 44.9 Å². The highest BCUT2D eigenvalue weighted by Crippen LogP contribution is 2.35. The van der Waals surface area contributed by atoms with Crippen LogP contribution in [0.25, 0.3) is 0 Å². The van der Waals surface area contributed by atoms with Crippen molar-refractivity contribution in [2.75, 3.05) is 11.9 Å². The van der Waals surface area contributed by atoms with Crippen molar-refractivity contribution in [1.29, 1.82) is 0 Å². The van der Waals surface area contributed by atoms with Gasteiger partial charge in [-0.15, -0.1) is 0 Å². The molecule has 18 heavy (non-hydrogen) atoms. The van der Waals surface area contributed by atoms with Gasteiger partial charge in [0.05, 0.1) is 5.92 Å². The van der Waals surface area contributed by atoms with Crippen molar-refractivity contribution in [3.05, 3.63) is 28.8 Å². The van der Waals surface area contributed by atoms with Crippen LogP contribution in [0.1, 0.15) is 29.5 Å². The summed E-state index contributed by atoms with van der Waals surface area (Å²) in [6.45, 7) is 6.36. The van der Waals surface area contributed by atoms with E-state index in [1.54, 1.807) is 0 Å². The third kappa shape index (κ3) is 2.22. The summed E-state index contributed by atoms with van der Waals surface area (Å²) < 4.78 is 0. The second kappa shape index (κ2) is 4.63. The van der Waals surface area contributed by atoms with Gasteiger partial charge in [-0.1, -0.05) is 6.07 Å². The Balaban J connectivity index is 2.13. The minimum Gasteiger partial charge on any atom is -0.481 e. The number of carbonyl (C=O) groups is 1. The molecule has 0 bridgehead atoms. The molecule has 0 amide bonds. The molecule has 0 saturated heterocycles. The van der Waals surface area contributed by atoms with E-state index in [0.717, 1.165) is 12.8 Å². The number of anilines is 1. The van der Waals surface area contributed by atoms with Crippen LogP contribution in [0.3, 0.4) is 0 Å². The Kier molecular flexibility index (Phi) is 3.33. The molecule has 1 aromatic rings. The van der Waals surface area contributed by atoms with Gasteiger partial charge in [-0.25, -0.2) is 0 Å². The van der Waals surface area contributed by atoms with Gasteiger partial charge in [-0.2, -0.15) is 0 Å². The van der Waals surface area contributed by atoms with Crippen molar-refractivity contribution in [3.63, 3.8) is 0 Å². The molecule has 2 rings (SSSR count). The molecule has 0 spiro atoms. The Bertz CT molecular complexity index is 476. The molecule has 1 aromatic carbocycles. The van der Waals surface area contributed by atoms with Crippen LogP contribution in [-0.2, 0) is 4.79 Å². The minimum atomic E-state index is -0.656. The van der Waals surface area contributed by atoms with Crippen LogP contribution < -0.4 is 4.90 Å². The van der Waals surface area contributed by atoms with Gasteiger partial charge >= 0.3 is 5.97 Å². The van der Waals surface area contributed by atoms with E-state index in [4.69, 9.17) is 5.11 Å². The lowest BCUT2D eigenvalue weighted by Gasteiger charge is -2.41. The van der Waals surface area contributed by atoms with Crippen molar-refractivity contribution in [2.24, 2.45) is 5.92 Å². The van der Waals surface area contributed by atoms with Crippen LogP contribution in [0.4, 0.5) is 5.69 Å². The number of benzene rings is 1. The van der Waals surface area contributed by atoms with Crippen LogP contribution in [-0.4, -0.2) is 24.2 Å². The fourth-order valence-corrected chi connectivity index (χ4v) is 2.63. The highest BCUT2D eigenvalue weighted by molar-refractivity contribution is 5.72. The summed E-state index contributed by atoms with van der Waals surface area (Å²) in [5.74, 6) is -0.805. The van der Waals surface area contributed by atoms with Crippen molar-refractivity contribution in [2.45, 2.75) is 39.7 Å². The molecule has 0 radical (unpaired) electrons. The van der Waals surface area contributed by atoms with Gasteiger partial charge in [0.15, 0.2) is 0 Å². The van der Waals surface area contributed by atoms with Gasteiger partial charge in [-0.05, 0) is 56.4 Å². The molecule has 3 heteroatoms. The number of carboxylic acid groups (broad SMARTS) is 1. The fourth-order valence-electron chi connectivity index (χ4n) is 2.63. The zero-order chi connectivity index (χ0) is 13.4. The second-order valence-corrected chi connectivity index (χ2v) is 5.49. The molecule has 0 atom stereocenters. The van der Waals surface area contributed by atoms with Crippen LogP contribution in [0, 0.1) is 26.7 Å². The number of hydrogen-bond acceptors (Lipinski definition) is 2. The third-order valence-corrected chi connectivity index (χ3v) is 4.20. The molecule has 0 heterocycles. The maximum Gasteiger partial charge on any atom is 0.306 e. The van der Waals surface area contributed by atoms with Crippen LogP contribution >= 0.6 is 0 Å². The van der Waals surface area contributed by atoms with Gasteiger partial charge in [0.2, 0.25) is 0 Å². The molecule has 98 valence electrons. The third-order valence-electron chi connectivity index (χ3n) is 4.20. The van der Waals surface area contributed by atoms with Crippen molar-refractivity contribution >= 4 is 11.7 Å². The summed E-state index contributed by atoms with van der Waals surface area (Å²) in [5, 5.41) is 8.92. The molecule has 1 fully saturated rings. The van der Waals surface area contributed by atoms with Gasteiger partial charge < -0.3 is 10.0 Å². The average Bonchev–Trinajstić information content (AvgIpc) is 2.20. The van der Waals surface area contributed by atoms with Crippen molar-refractivity contribution in [3.8, 4) is 0 Å². The monoisotopic (exact) mass is 247 g/mol. The first-order valence-electron chi connectivity index (χ1n) is 6.43. The maximum atomic E-state index is 10.8. The summed E-state index contributed by atoms with van der Waals surface area (Å²) in [5.41, 5.74) is 5.09. The Morgan fingerprint density at radius 1 is 1.17 bits per heavy atom. The Morgan fingerprint density at radius 2 is 1.72 bits per heavy atom. The van der Waals surface area contributed by atoms with E-state index in [9.17, 15) is 4.79 Å². The Hall–Kier alpha value is -1.51. The maximum absolute atomic E-state index is 10.8. The number of aliphatic carboxylic acids is 1. The average molecular weight is 247 g/mol. The summed E-state index contributed by atoms with van der Waals surface area (Å²) in [6.07, 6.45) is 1.52. The highest BCUT2D eigenvalue weighted by Gasteiger charge is 2.37. The fraction of sp³-hybridized carbons (Fsp3) is 0.533. The van der Waals surface area contributed by atoms with Gasteiger partial charge in [-0.3, -0.25) is 4.79 Å². The smallest absolute Gasteiger partial charge is 0.306 e. The molecule has 1 aliphatic carbocycles. The van der Waals surface area contributed by atoms with Crippen LogP contribution in [0.5, 0.6) is 0 Å². The first kappa shape index (κ1) is 12.9. The summed E-state index contributed by atoms with van der Waals surface area (Å²) in [7, 11) is 2.07. The molecule has 1 N–H and O–H groups in total. The van der Waals surface area contributed by atoms with E-state index in [1.807, 2.05) is 0 Å².